The van der Waals surface area contributed by atoms with E-state index in [1.807, 2.05) is 31.2 Å². The predicted molar refractivity (Wildman–Crippen MR) is 102 cm³/mol. The lowest BCUT2D eigenvalue weighted by atomic mass is 9.98. The number of anilines is 2. The van der Waals surface area contributed by atoms with Gasteiger partial charge in [0.25, 0.3) is 10.0 Å². The minimum atomic E-state index is -3.67. The molecule has 26 heavy (non-hydrogen) atoms. The van der Waals surface area contributed by atoms with Crippen molar-refractivity contribution in [1.29, 1.82) is 0 Å². The van der Waals surface area contributed by atoms with Crippen LogP contribution in [-0.4, -0.2) is 53.7 Å². The molecule has 0 amide bonds. The first-order valence-corrected chi connectivity index (χ1v) is 10.5. The number of rotatable bonds is 4. The van der Waals surface area contributed by atoms with Crippen LogP contribution >= 0.6 is 11.3 Å². The molecule has 0 bridgehead atoms. The molecule has 2 heterocycles. The van der Waals surface area contributed by atoms with E-state index in [0.29, 0.717) is 19.6 Å². The van der Waals surface area contributed by atoms with Gasteiger partial charge in [-0.05, 0) is 38.5 Å². The van der Waals surface area contributed by atoms with Gasteiger partial charge in [0.2, 0.25) is 9.47 Å². The maximum Gasteiger partial charge on any atom is 0.272 e. The quantitative estimate of drug-likeness (QED) is 0.798. The van der Waals surface area contributed by atoms with E-state index in [1.165, 1.54) is 4.31 Å². The number of hydrogen-bond donors (Lipinski definition) is 2. The molecule has 1 saturated heterocycles. The normalized spacial score (nSPS) is 19.7. The molecule has 3 rings (SSSR count). The van der Waals surface area contributed by atoms with Crippen molar-refractivity contribution in [2.75, 3.05) is 30.3 Å². The van der Waals surface area contributed by atoms with Crippen molar-refractivity contribution in [2.45, 2.75) is 36.8 Å². The molecule has 1 fully saturated rings. The van der Waals surface area contributed by atoms with Gasteiger partial charge in [0.05, 0.1) is 5.60 Å². The van der Waals surface area contributed by atoms with Gasteiger partial charge in [0.1, 0.15) is 0 Å². The summed E-state index contributed by atoms with van der Waals surface area (Å²) in [4.78, 5) is 2.16. The number of aliphatic hydroxyl groups is 1. The highest BCUT2D eigenvalue weighted by Gasteiger charge is 2.34. The first kappa shape index (κ1) is 19.0. The predicted octanol–water partition coefficient (Wildman–Crippen LogP) is 1.25. The Balaban J connectivity index is 1.74. The van der Waals surface area contributed by atoms with E-state index in [4.69, 9.17) is 5.73 Å². The fourth-order valence-corrected chi connectivity index (χ4v) is 5.46. The first-order chi connectivity index (χ1) is 12.1. The van der Waals surface area contributed by atoms with Gasteiger partial charge in [0.15, 0.2) is 0 Å². The Kier molecular flexibility index (Phi) is 4.95. The van der Waals surface area contributed by atoms with E-state index in [0.717, 1.165) is 22.6 Å². The molecule has 0 saturated carbocycles. The van der Waals surface area contributed by atoms with Crippen molar-refractivity contribution in [1.82, 2.24) is 14.5 Å². The van der Waals surface area contributed by atoms with Crippen LogP contribution in [0, 0.1) is 0 Å². The molecule has 1 atom stereocenters. The van der Waals surface area contributed by atoms with E-state index in [-0.39, 0.29) is 15.5 Å². The van der Waals surface area contributed by atoms with Crippen LogP contribution in [0.25, 0.3) is 0 Å². The lowest BCUT2D eigenvalue weighted by molar-refractivity contribution is 0.0786. The van der Waals surface area contributed by atoms with Gasteiger partial charge < -0.3 is 15.7 Å². The van der Waals surface area contributed by atoms with Gasteiger partial charge in [-0.15, -0.1) is 10.2 Å². The van der Waals surface area contributed by atoms with Crippen molar-refractivity contribution >= 4 is 32.2 Å². The lowest BCUT2D eigenvalue weighted by Gasteiger charge is -2.40. The molecule has 1 aliphatic rings. The molecule has 142 valence electrons. The topological polar surface area (TPSA) is 113 Å². The standard InChI is InChI=1S/C16H23N5O3S2/c1-11-10-20(26(23,24)15-19-18-14(17)25-15)8-9-21(11)13-6-4-12(5-7-13)16(2,3)22/h4-7,11,22H,8-10H2,1-3H3,(H2,17,18)/t11-/m0/s1. The van der Waals surface area contributed by atoms with E-state index in [9.17, 15) is 13.5 Å². The van der Waals surface area contributed by atoms with Crippen LogP contribution in [0.4, 0.5) is 10.8 Å². The van der Waals surface area contributed by atoms with Gasteiger partial charge in [-0.25, -0.2) is 8.42 Å². The third-order valence-corrected chi connectivity index (χ3v) is 7.44. The van der Waals surface area contributed by atoms with E-state index in [1.54, 1.807) is 13.8 Å². The molecule has 0 unspecified atom stereocenters. The Labute approximate surface area is 157 Å². The third kappa shape index (κ3) is 3.68. The molecule has 1 aromatic carbocycles. The average molecular weight is 398 g/mol. The SMILES string of the molecule is C[C@H]1CN(S(=O)(=O)c2nnc(N)s2)CCN1c1ccc(C(C)(C)O)cc1. The largest absolute Gasteiger partial charge is 0.386 e. The van der Waals surface area contributed by atoms with Crippen LogP contribution in [-0.2, 0) is 15.6 Å². The monoisotopic (exact) mass is 397 g/mol. The summed E-state index contributed by atoms with van der Waals surface area (Å²) in [5.41, 5.74) is 6.46. The van der Waals surface area contributed by atoms with Crippen LogP contribution in [0.5, 0.6) is 0 Å². The Bertz CT molecular complexity index is 874. The van der Waals surface area contributed by atoms with Crippen LogP contribution in [0.1, 0.15) is 26.3 Å². The van der Waals surface area contributed by atoms with Crippen molar-refractivity contribution in [3.63, 3.8) is 0 Å². The van der Waals surface area contributed by atoms with Gasteiger partial charge in [-0.1, -0.05) is 23.5 Å². The second kappa shape index (κ2) is 6.76. The summed E-state index contributed by atoms with van der Waals surface area (Å²) < 4.78 is 26.7. The maximum atomic E-state index is 12.7. The second-order valence-corrected chi connectivity index (χ2v) is 10.0. The minimum absolute atomic E-state index is 0.00298. The average Bonchev–Trinajstić information content (AvgIpc) is 3.01. The molecule has 2 aromatic rings. The van der Waals surface area contributed by atoms with Crippen molar-refractivity contribution in [3.8, 4) is 0 Å². The number of nitrogens with two attached hydrogens (primary N) is 1. The lowest BCUT2D eigenvalue weighted by Crippen LogP contribution is -2.53. The summed E-state index contributed by atoms with van der Waals surface area (Å²) in [6, 6.07) is 7.71. The number of hydrogen-bond acceptors (Lipinski definition) is 8. The van der Waals surface area contributed by atoms with Crippen molar-refractivity contribution in [3.05, 3.63) is 29.8 Å². The molecule has 0 radical (unpaired) electrons. The molecule has 8 nitrogen and oxygen atoms in total. The number of nitrogen functional groups attached to an aromatic ring is 1. The second-order valence-electron chi connectivity index (χ2n) is 6.92. The number of piperazine rings is 1. The van der Waals surface area contributed by atoms with Crippen LogP contribution in [0.3, 0.4) is 0 Å². The Morgan fingerprint density at radius 1 is 1.23 bits per heavy atom. The number of nitrogens with zero attached hydrogens (tertiary/aromatic N) is 4. The Hall–Kier alpha value is -1.75. The summed E-state index contributed by atoms with van der Waals surface area (Å²) in [5, 5.41) is 17.5. The van der Waals surface area contributed by atoms with Crippen molar-refractivity contribution < 1.29 is 13.5 Å². The molecule has 0 spiro atoms. The van der Waals surface area contributed by atoms with E-state index < -0.39 is 15.6 Å². The summed E-state index contributed by atoms with van der Waals surface area (Å²) in [5.74, 6) is 0. The highest BCUT2D eigenvalue weighted by molar-refractivity contribution is 7.91. The van der Waals surface area contributed by atoms with E-state index >= 15 is 0 Å². The van der Waals surface area contributed by atoms with Crippen LogP contribution in [0.2, 0.25) is 0 Å². The maximum absolute atomic E-state index is 12.7. The Morgan fingerprint density at radius 2 is 1.88 bits per heavy atom. The zero-order valence-corrected chi connectivity index (χ0v) is 16.6. The number of aromatic nitrogens is 2. The summed E-state index contributed by atoms with van der Waals surface area (Å²) in [6.45, 7) is 6.76. The molecule has 3 N–H and O–H groups in total. The zero-order valence-electron chi connectivity index (χ0n) is 15.0. The van der Waals surface area contributed by atoms with Crippen LogP contribution < -0.4 is 10.6 Å². The molecular weight excluding hydrogens is 374 g/mol. The molecular formula is C16H23N5O3S2. The fourth-order valence-electron chi connectivity index (χ4n) is 3.02. The fraction of sp³-hybridized carbons (Fsp3) is 0.500. The summed E-state index contributed by atoms with van der Waals surface area (Å²) in [7, 11) is -3.67. The molecule has 10 heteroatoms. The van der Waals surface area contributed by atoms with Gasteiger partial charge in [-0.2, -0.15) is 4.31 Å². The van der Waals surface area contributed by atoms with Gasteiger partial charge in [-0.3, -0.25) is 0 Å². The Morgan fingerprint density at radius 3 is 2.38 bits per heavy atom. The van der Waals surface area contributed by atoms with E-state index in [2.05, 4.69) is 15.1 Å². The molecule has 1 aromatic heterocycles. The summed E-state index contributed by atoms with van der Waals surface area (Å²) >= 11 is 0.879. The van der Waals surface area contributed by atoms with Crippen molar-refractivity contribution in [2.24, 2.45) is 0 Å². The first-order valence-electron chi connectivity index (χ1n) is 8.28. The van der Waals surface area contributed by atoms with Gasteiger partial charge >= 0.3 is 0 Å². The van der Waals surface area contributed by atoms with Gasteiger partial charge in [0, 0.05) is 31.4 Å². The minimum Gasteiger partial charge on any atom is -0.386 e. The number of benzene rings is 1. The zero-order chi connectivity index (χ0) is 19.1. The van der Waals surface area contributed by atoms with Crippen LogP contribution in [0.15, 0.2) is 28.6 Å². The smallest absolute Gasteiger partial charge is 0.272 e. The highest BCUT2D eigenvalue weighted by Crippen LogP contribution is 2.28. The number of sulfonamides is 1. The molecule has 0 aliphatic carbocycles. The highest BCUT2D eigenvalue weighted by atomic mass is 32.2. The molecule has 1 aliphatic heterocycles. The summed E-state index contributed by atoms with van der Waals surface area (Å²) in [6.07, 6.45) is 0. The third-order valence-electron chi connectivity index (χ3n) is 4.48.